The van der Waals surface area contributed by atoms with Crippen LogP contribution in [0.2, 0.25) is 0 Å². The zero-order valence-electron chi connectivity index (χ0n) is 45.1. The number of amides is 1. The van der Waals surface area contributed by atoms with Crippen LogP contribution in [0.15, 0.2) is 134 Å². The number of ether oxygens (including phenoxy) is 2. The molecule has 1 amide bonds. The third kappa shape index (κ3) is 39.8. The molecule has 9 heteroatoms. The molecule has 0 radical (unpaired) electrons. The van der Waals surface area contributed by atoms with E-state index in [1.807, 2.05) is 6.08 Å². The smallest absolute Gasteiger partial charge is 0.220 e. The van der Waals surface area contributed by atoms with Gasteiger partial charge >= 0.3 is 0 Å². The Bertz CT molecular complexity index is 1580. The highest BCUT2D eigenvalue weighted by atomic mass is 16.7. The Morgan fingerprint density at radius 1 is 0.486 bits per heavy atom. The zero-order valence-corrected chi connectivity index (χ0v) is 45.1. The van der Waals surface area contributed by atoms with E-state index in [1.165, 1.54) is 51.4 Å². The number of rotatable bonds is 46. The summed E-state index contributed by atoms with van der Waals surface area (Å²) < 4.78 is 11.2. The molecule has 7 atom stereocenters. The number of nitrogens with one attached hydrogen (secondary N) is 1. The second kappa shape index (κ2) is 50.8. The average molecular weight is 1000 g/mol. The van der Waals surface area contributed by atoms with Crippen LogP contribution in [0.4, 0.5) is 0 Å². The Hall–Kier alpha value is -3.67. The normalized spacial score (nSPS) is 20.2. The van der Waals surface area contributed by atoms with Crippen molar-refractivity contribution in [2.24, 2.45) is 0 Å². The Morgan fingerprint density at radius 3 is 1.28 bits per heavy atom. The van der Waals surface area contributed by atoms with Gasteiger partial charge in [-0.3, -0.25) is 4.79 Å². The molecule has 72 heavy (non-hydrogen) atoms. The van der Waals surface area contributed by atoms with Gasteiger partial charge in [-0.2, -0.15) is 0 Å². The van der Waals surface area contributed by atoms with Gasteiger partial charge in [0, 0.05) is 6.42 Å². The van der Waals surface area contributed by atoms with Crippen LogP contribution in [0.5, 0.6) is 0 Å². The van der Waals surface area contributed by atoms with E-state index in [-0.39, 0.29) is 12.5 Å². The lowest BCUT2D eigenvalue weighted by atomic mass is 9.99. The number of aliphatic hydroxyl groups excluding tert-OH is 5. The Morgan fingerprint density at radius 2 is 0.861 bits per heavy atom. The van der Waals surface area contributed by atoms with Crippen LogP contribution in [0, 0.1) is 0 Å². The molecular weight excluding hydrogens is 899 g/mol. The van der Waals surface area contributed by atoms with Gasteiger partial charge in [0.05, 0.1) is 25.4 Å². The number of hydrogen-bond acceptors (Lipinski definition) is 8. The summed E-state index contributed by atoms with van der Waals surface area (Å²) in [4.78, 5) is 13.0. The molecule has 0 aromatic carbocycles. The molecule has 0 saturated carbocycles. The first-order valence-corrected chi connectivity index (χ1v) is 28.4. The fraction of sp³-hybridized carbons (Fsp3) is 0.635. The Kier molecular flexibility index (Phi) is 46.9. The first kappa shape index (κ1) is 66.3. The highest BCUT2D eigenvalue weighted by Crippen LogP contribution is 2.22. The lowest BCUT2D eigenvalue weighted by Gasteiger charge is -2.40. The predicted molar refractivity (Wildman–Crippen MR) is 303 cm³/mol. The minimum absolute atomic E-state index is 0.199. The monoisotopic (exact) mass is 1000 g/mol. The number of carbonyl (C=O) groups is 1. The summed E-state index contributed by atoms with van der Waals surface area (Å²) in [7, 11) is 0. The van der Waals surface area contributed by atoms with Crippen LogP contribution in [-0.4, -0.2) is 87.5 Å². The van der Waals surface area contributed by atoms with Crippen molar-refractivity contribution in [1.82, 2.24) is 5.32 Å². The number of aliphatic hydroxyl groups is 5. The van der Waals surface area contributed by atoms with Gasteiger partial charge in [0.2, 0.25) is 5.91 Å². The van der Waals surface area contributed by atoms with Crippen molar-refractivity contribution in [1.29, 1.82) is 0 Å². The molecule has 1 saturated heterocycles. The van der Waals surface area contributed by atoms with Gasteiger partial charge in [-0.05, 0) is 96.3 Å². The van der Waals surface area contributed by atoms with Crippen LogP contribution in [-0.2, 0) is 14.3 Å². The van der Waals surface area contributed by atoms with Crippen molar-refractivity contribution in [3.8, 4) is 0 Å². The van der Waals surface area contributed by atoms with E-state index >= 15 is 0 Å². The highest BCUT2D eigenvalue weighted by Gasteiger charge is 2.44. The maximum Gasteiger partial charge on any atom is 0.220 e. The molecule has 0 spiro atoms. The maximum atomic E-state index is 13.0. The summed E-state index contributed by atoms with van der Waals surface area (Å²) in [5.74, 6) is -0.199. The third-order valence-corrected chi connectivity index (χ3v) is 12.5. The first-order valence-electron chi connectivity index (χ1n) is 28.4. The number of unbranched alkanes of at least 4 members (excludes halogenated alkanes) is 16. The van der Waals surface area contributed by atoms with Crippen molar-refractivity contribution >= 4 is 5.91 Å². The average Bonchev–Trinajstić information content (AvgIpc) is 3.38. The molecule has 1 fully saturated rings. The van der Waals surface area contributed by atoms with E-state index in [9.17, 15) is 30.3 Å². The van der Waals surface area contributed by atoms with Gasteiger partial charge in [-0.1, -0.05) is 231 Å². The minimum Gasteiger partial charge on any atom is -0.394 e. The highest BCUT2D eigenvalue weighted by molar-refractivity contribution is 5.76. The van der Waals surface area contributed by atoms with Gasteiger partial charge in [-0.25, -0.2) is 0 Å². The maximum absolute atomic E-state index is 13.0. The fourth-order valence-electron chi connectivity index (χ4n) is 8.01. The second-order valence-corrected chi connectivity index (χ2v) is 19.0. The Labute approximate surface area is 439 Å². The standard InChI is InChI=1S/C63H103NO8/c1-3-5-7-9-11-13-15-17-18-19-20-21-22-23-24-25-26-27-28-29-30-31-32-33-34-35-36-37-38-39-40-41-43-45-47-49-51-53-59(67)64-56(55-71-63-62(70)61(69)60(68)58(54-65)72-63)57(66)52-50-48-46-44-42-16-14-12-10-8-6-4-2/h5,7,11,13,17-18,20-21,23-24,26-27,29-30,32-33,35-36,38-39,50,52,56-58,60-63,65-66,68-70H,3-4,6,8-10,12,14-16,19,22,25,28,31,34,37,40-49,51,53-55H2,1-2H3,(H,64,67)/b7-5-,13-11-,18-17-,21-20-,24-23-,27-26-,30-29-,33-32-,36-35-,39-38-,52-50+. The van der Waals surface area contributed by atoms with E-state index in [0.717, 1.165) is 128 Å². The lowest BCUT2D eigenvalue weighted by Crippen LogP contribution is -2.60. The van der Waals surface area contributed by atoms with Gasteiger partial charge in [0.1, 0.15) is 24.4 Å². The van der Waals surface area contributed by atoms with Crippen LogP contribution in [0.3, 0.4) is 0 Å². The molecule has 1 heterocycles. The zero-order chi connectivity index (χ0) is 52.2. The number of allylic oxidation sites excluding steroid dienone is 21. The predicted octanol–water partition coefficient (Wildman–Crippen LogP) is 14.1. The first-order chi connectivity index (χ1) is 35.3. The molecule has 7 unspecified atom stereocenters. The van der Waals surface area contributed by atoms with E-state index in [0.29, 0.717) is 6.42 Å². The molecule has 0 aromatic heterocycles. The SMILES string of the molecule is CC/C=C\C/C=C\C/C=C\C/C=C\C/C=C\C/C=C\C/C=C\C/C=C\C/C=C\C/C=C\CCCCCCCCC(=O)NC(COC1OC(CO)C(O)C(O)C1O)C(O)/C=C/CCCCCCCCCCCC. The largest absolute Gasteiger partial charge is 0.394 e. The molecule has 9 nitrogen and oxygen atoms in total. The number of hydrogen-bond donors (Lipinski definition) is 6. The summed E-state index contributed by atoms with van der Waals surface area (Å²) in [6.07, 6.45) is 70.8. The molecule has 0 aromatic rings. The quantitative estimate of drug-likeness (QED) is 0.0261. The minimum atomic E-state index is -1.58. The summed E-state index contributed by atoms with van der Waals surface area (Å²) >= 11 is 0. The molecule has 0 aliphatic carbocycles. The summed E-state index contributed by atoms with van der Waals surface area (Å²) in [5, 5.41) is 54.3. The summed E-state index contributed by atoms with van der Waals surface area (Å²) in [6.45, 7) is 3.62. The van der Waals surface area contributed by atoms with E-state index in [4.69, 9.17) is 9.47 Å². The number of carbonyl (C=O) groups excluding carboxylic acids is 1. The fourth-order valence-corrected chi connectivity index (χ4v) is 8.01. The van der Waals surface area contributed by atoms with Crippen LogP contribution >= 0.6 is 0 Å². The summed E-state index contributed by atoms with van der Waals surface area (Å²) in [5.41, 5.74) is 0. The van der Waals surface area contributed by atoms with Crippen molar-refractivity contribution in [2.75, 3.05) is 13.2 Å². The van der Waals surface area contributed by atoms with E-state index in [2.05, 4.69) is 141 Å². The summed E-state index contributed by atoms with van der Waals surface area (Å²) in [6, 6.07) is -0.821. The van der Waals surface area contributed by atoms with Crippen LogP contribution in [0.1, 0.15) is 200 Å². The van der Waals surface area contributed by atoms with Crippen LogP contribution < -0.4 is 5.32 Å². The van der Waals surface area contributed by atoms with Crippen molar-refractivity contribution < 1.29 is 39.8 Å². The van der Waals surface area contributed by atoms with E-state index in [1.54, 1.807) is 6.08 Å². The molecule has 0 bridgehead atoms. The van der Waals surface area contributed by atoms with Crippen molar-refractivity contribution in [3.63, 3.8) is 0 Å². The third-order valence-electron chi connectivity index (χ3n) is 12.5. The molecular formula is C63H103NO8. The van der Waals surface area contributed by atoms with Crippen molar-refractivity contribution in [3.05, 3.63) is 134 Å². The second-order valence-electron chi connectivity index (χ2n) is 19.0. The molecule has 1 rings (SSSR count). The van der Waals surface area contributed by atoms with Crippen LogP contribution in [0.25, 0.3) is 0 Å². The molecule has 1 aliphatic heterocycles. The Balaban J connectivity index is 2.20. The van der Waals surface area contributed by atoms with Gasteiger partial charge in [0.15, 0.2) is 6.29 Å². The lowest BCUT2D eigenvalue weighted by molar-refractivity contribution is -0.302. The molecule has 6 N–H and O–H groups in total. The van der Waals surface area contributed by atoms with Gasteiger partial charge in [0.25, 0.3) is 0 Å². The topological polar surface area (TPSA) is 149 Å². The molecule has 1 aliphatic rings. The van der Waals surface area contributed by atoms with Gasteiger partial charge in [-0.15, -0.1) is 0 Å². The van der Waals surface area contributed by atoms with Crippen molar-refractivity contribution in [2.45, 2.75) is 243 Å². The van der Waals surface area contributed by atoms with Gasteiger partial charge < -0.3 is 40.3 Å². The molecule has 408 valence electrons. The van der Waals surface area contributed by atoms with E-state index < -0.39 is 49.5 Å².